The molecule has 1 aromatic rings. The molecule has 116 valence electrons. The lowest BCUT2D eigenvalue weighted by molar-refractivity contribution is -0.124. The monoisotopic (exact) mass is 296 g/mol. The molecule has 1 aromatic heterocycles. The third kappa shape index (κ3) is 3.78. The van der Waals surface area contributed by atoms with Gasteiger partial charge in [-0.25, -0.2) is 9.48 Å². The van der Waals surface area contributed by atoms with Crippen molar-refractivity contribution in [3.63, 3.8) is 0 Å². The van der Waals surface area contributed by atoms with Gasteiger partial charge in [0.2, 0.25) is 5.91 Å². The van der Waals surface area contributed by atoms with E-state index in [1.807, 2.05) is 0 Å². The SMILES string of the molecule is COCCOC(=O)c1nnn(C(C)C(=O)NC2CC2)c1C. The van der Waals surface area contributed by atoms with Crippen LogP contribution in [-0.4, -0.2) is 53.2 Å². The number of esters is 1. The number of ether oxygens (including phenoxy) is 2. The normalized spacial score (nSPS) is 15.6. The lowest BCUT2D eigenvalue weighted by Gasteiger charge is -2.13. The largest absolute Gasteiger partial charge is 0.458 e. The molecular formula is C13H20N4O4. The van der Waals surface area contributed by atoms with Gasteiger partial charge in [0, 0.05) is 13.2 Å². The van der Waals surface area contributed by atoms with Gasteiger partial charge in [0.05, 0.1) is 12.3 Å². The minimum Gasteiger partial charge on any atom is -0.458 e. The topological polar surface area (TPSA) is 95.3 Å². The maximum atomic E-state index is 12.0. The van der Waals surface area contributed by atoms with Crippen LogP contribution in [0, 0.1) is 6.92 Å². The summed E-state index contributed by atoms with van der Waals surface area (Å²) in [6.07, 6.45) is 2.04. The van der Waals surface area contributed by atoms with Crippen LogP contribution in [-0.2, 0) is 14.3 Å². The van der Waals surface area contributed by atoms with Crippen LogP contribution in [0.4, 0.5) is 0 Å². The van der Waals surface area contributed by atoms with E-state index in [2.05, 4.69) is 15.6 Å². The van der Waals surface area contributed by atoms with Crippen LogP contribution >= 0.6 is 0 Å². The van der Waals surface area contributed by atoms with Gasteiger partial charge in [0.1, 0.15) is 12.6 Å². The van der Waals surface area contributed by atoms with Crippen molar-refractivity contribution in [2.24, 2.45) is 0 Å². The fourth-order valence-corrected chi connectivity index (χ4v) is 1.84. The molecular weight excluding hydrogens is 276 g/mol. The van der Waals surface area contributed by atoms with Crippen molar-refractivity contribution in [1.29, 1.82) is 0 Å². The number of hydrogen-bond acceptors (Lipinski definition) is 6. The summed E-state index contributed by atoms with van der Waals surface area (Å²) in [7, 11) is 1.52. The van der Waals surface area contributed by atoms with E-state index in [1.165, 1.54) is 11.8 Å². The first-order valence-corrected chi connectivity index (χ1v) is 6.92. The Morgan fingerprint density at radius 3 is 2.76 bits per heavy atom. The van der Waals surface area contributed by atoms with E-state index in [1.54, 1.807) is 13.8 Å². The van der Waals surface area contributed by atoms with Gasteiger partial charge in [0.15, 0.2) is 5.69 Å². The second kappa shape index (κ2) is 6.66. The van der Waals surface area contributed by atoms with Gasteiger partial charge in [-0.05, 0) is 26.7 Å². The molecule has 0 aliphatic heterocycles. The summed E-state index contributed by atoms with van der Waals surface area (Å²) < 4.78 is 11.2. The van der Waals surface area contributed by atoms with Crippen molar-refractivity contribution in [2.45, 2.75) is 38.8 Å². The molecule has 1 aliphatic carbocycles. The lowest BCUT2D eigenvalue weighted by Crippen LogP contribution is -2.33. The fourth-order valence-electron chi connectivity index (χ4n) is 1.84. The Kier molecular flexibility index (Phi) is 4.89. The van der Waals surface area contributed by atoms with E-state index in [4.69, 9.17) is 9.47 Å². The summed E-state index contributed by atoms with van der Waals surface area (Å²) in [6, 6.07) is -0.235. The minimum atomic E-state index is -0.564. The number of nitrogens with one attached hydrogen (secondary N) is 1. The third-order valence-electron chi connectivity index (χ3n) is 3.31. The van der Waals surface area contributed by atoms with Crippen LogP contribution in [0.1, 0.15) is 42.0 Å². The maximum Gasteiger partial charge on any atom is 0.360 e. The summed E-state index contributed by atoms with van der Waals surface area (Å²) in [6.45, 7) is 3.88. The number of aromatic nitrogens is 3. The highest BCUT2D eigenvalue weighted by Crippen LogP contribution is 2.20. The standard InChI is InChI=1S/C13H20N4O4/c1-8-11(13(19)21-7-6-20-3)15-16-17(8)9(2)12(18)14-10-4-5-10/h9-10H,4-7H2,1-3H3,(H,14,18). The first-order valence-electron chi connectivity index (χ1n) is 6.92. The summed E-state index contributed by atoms with van der Waals surface area (Å²) in [5.74, 6) is -0.685. The maximum absolute atomic E-state index is 12.0. The molecule has 1 atom stereocenters. The van der Waals surface area contributed by atoms with Crippen LogP contribution in [0.3, 0.4) is 0 Å². The Morgan fingerprint density at radius 1 is 1.43 bits per heavy atom. The number of nitrogens with zero attached hydrogens (tertiary/aromatic N) is 3. The zero-order valence-corrected chi connectivity index (χ0v) is 12.5. The molecule has 1 N–H and O–H groups in total. The van der Waals surface area contributed by atoms with Gasteiger partial charge >= 0.3 is 5.97 Å². The Labute approximate surface area is 122 Å². The number of carbonyl (C=O) groups excluding carboxylic acids is 2. The van der Waals surface area contributed by atoms with E-state index < -0.39 is 12.0 Å². The molecule has 1 aliphatic rings. The smallest absolute Gasteiger partial charge is 0.360 e. The van der Waals surface area contributed by atoms with E-state index in [0.717, 1.165) is 12.8 Å². The van der Waals surface area contributed by atoms with Crippen molar-refractivity contribution in [1.82, 2.24) is 20.3 Å². The molecule has 2 rings (SSSR count). The molecule has 0 spiro atoms. The van der Waals surface area contributed by atoms with Crippen LogP contribution < -0.4 is 5.32 Å². The highest BCUT2D eigenvalue weighted by molar-refractivity contribution is 5.88. The van der Waals surface area contributed by atoms with E-state index in [9.17, 15) is 9.59 Å². The molecule has 0 bridgehead atoms. The van der Waals surface area contributed by atoms with Crippen molar-refractivity contribution in [3.05, 3.63) is 11.4 Å². The molecule has 1 saturated carbocycles. The highest BCUT2D eigenvalue weighted by Gasteiger charge is 2.28. The second-order valence-electron chi connectivity index (χ2n) is 5.06. The Balaban J connectivity index is 2.01. The zero-order chi connectivity index (χ0) is 15.4. The number of hydrogen-bond donors (Lipinski definition) is 1. The van der Waals surface area contributed by atoms with Crippen LogP contribution in [0.2, 0.25) is 0 Å². The number of methoxy groups -OCH3 is 1. The Bertz CT molecular complexity index is 524. The Hall–Kier alpha value is -1.96. The van der Waals surface area contributed by atoms with E-state index in [-0.39, 0.29) is 24.2 Å². The highest BCUT2D eigenvalue weighted by atomic mass is 16.6. The van der Waals surface area contributed by atoms with Gasteiger partial charge in [-0.15, -0.1) is 5.10 Å². The fraction of sp³-hybridized carbons (Fsp3) is 0.692. The van der Waals surface area contributed by atoms with Crippen LogP contribution in [0.5, 0.6) is 0 Å². The van der Waals surface area contributed by atoms with Crippen LogP contribution in [0.15, 0.2) is 0 Å². The molecule has 8 nitrogen and oxygen atoms in total. The zero-order valence-electron chi connectivity index (χ0n) is 12.5. The number of amides is 1. The Morgan fingerprint density at radius 2 is 2.14 bits per heavy atom. The minimum absolute atomic E-state index is 0.121. The number of rotatable bonds is 7. The average Bonchev–Trinajstić information content (AvgIpc) is 3.18. The summed E-state index contributed by atoms with van der Waals surface area (Å²) in [4.78, 5) is 23.8. The summed E-state index contributed by atoms with van der Waals surface area (Å²) in [5, 5.41) is 10.6. The molecule has 0 saturated heterocycles. The second-order valence-corrected chi connectivity index (χ2v) is 5.06. The van der Waals surface area contributed by atoms with Crippen molar-refractivity contribution >= 4 is 11.9 Å². The van der Waals surface area contributed by atoms with E-state index in [0.29, 0.717) is 12.3 Å². The lowest BCUT2D eigenvalue weighted by atomic mass is 10.2. The third-order valence-corrected chi connectivity index (χ3v) is 3.31. The predicted molar refractivity (Wildman–Crippen MR) is 72.8 cm³/mol. The summed E-state index contributed by atoms with van der Waals surface area (Å²) in [5.41, 5.74) is 0.632. The molecule has 0 aromatic carbocycles. The van der Waals surface area contributed by atoms with Gasteiger partial charge in [-0.1, -0.05) is 5.21 Å². The van der Waals surface area contributed by atoms with Crippen molar-refractivity contribution in [3.8, 4) is 0 Å². The molecule has 1 heterocycles. The first kappa shape index (κ1) is 15.4. The quantitative estimate of drug-likeness (QED) is 0.571. The average molecular weight is 296 g/mol. The number of carbonyl (C=O) groups is 2. The van der Waals surface area contributed by atoms with Gasteiger partial charge in [-0.3, -0.25) is 4.79 Å². The molecule has 21 heavy (non-hydrogen) atoms. The van der Waals surface area contributed by atoms with Crippen LogP contribution in [0.25, 0.3) is 0 Å². The molecule has 1 unspecified atom stereocenters. The van der Waals surface area contributed by atoms with Crippen molar-refractivity contribution < 1.29 is 19.1 Å². The molecule has 0 radical (unpaired) electrons. The van der Waals surface area contributed by atoms with Gasteiger partial charge < -0.3 is 14.8 Å². The van der Waals surface area contributed by atoms with Crippen molar-refractivity contribution in [2.75, 3.05) is 20.3 Å². The molecule has 1 fully saturated rings. The molecule has 8 heteroatoms. The van der Waals surface area contributed by atoms with E-state index >= 15 is 0 Å². The summed E-state index contributed by atoms with van der Waals surface area (Å²) >= 11 is 0. The van der Waals surface area contributed by atoms with Gasteiger partial charge in [0.25, 0.3) is 0 Å². The first-order chi connectivity index (χ1) is 10.0. The molecule has 1 amide bonds. The van der Waals surface area contributed by atoms with Gasteiger partial charge in [-0.2, -0.15) is 0 Å². The predicted octanol–water partition coefficient (Wildman–Crippen LogP) is 0.229.